The first-order valence-electron chi connectivity index (χ1n) is 7.84. The third-order valence-corrected chi connectivity index (χ3v) is 4.19. The van der Waals surface area contributed by atoms with Crippen LogP contribution in [0, 0.1) is 0 Å². The molecule has 0 bridgehead atoms. The zero-order valence-electron chi connectivity index (χ0n) is 13.0. The molecule has 3 aromatic rings. The molecule has 7 heteroatoms. The van der Waals surface area contributed by atoms with Crippen LogP contribution < -0.4 is 0 Å². The average Bonchev–Trinajstić information content (AvgIpc) is 3.32. The van der Waals surface area contributed by atoms with Crippen LogP contribution in [0.4, 0.5) is 0 Å². The summed E-state index contributed by atoms with van der Waals surface area (Å²) in [6, 6.07) is 10.1. The molecule has 0 radical (unpaired) electrons. The van der Waals surface area contributed by atoms with Crippen LogP contribution in [0.25, 0.3) is 11.3 Å². The normalized spacial score (nSPS) is 17.2. The highest BCUT2D eigenvalue weighted by atomic mass is 16.2. The summed E-state index contributed by atoms with van der Waals surface area (Å²) in [4.78, 5) is 22.2. The zero-order chi connectivity index (χ0) is 16.4. The number of carbonyl (C=O) groups excluding carboxylic acids is 1. The van der Waals surface area contributed by atoms with Gasteiger partial charge in [-0.25, -0.2) is 9.67 Å². The Morgan fingerprint density at radius 2 is 2.04 bits per heavy atom. The zero-order valence-corrected chi connectivity index (χ0v) is 13.0. The van der Waals surface area contributed by atoms with Crippen molar-refractivity contribution in [3.8, 4) is 11.3 Å². The summed E-state index contributed by atoms with van der Waals surface area (Å²) >= 11 is 0. The van der Waals surface area contributed by atoms with Crippen molar-refractivity contribution in [2.75, 3.05) is 13.1 Å². The van der Waals surface area contributed by atoms with Gasteiger partial charge in [-0.05, 0) is 6.42 Å². The predicted octanol–water partition coefficient (Wildman–Crippen LogP) is 1.82. The van der Waals surface area contributed by atoms with Crippen molar-refractivity contribution in [3.63, 3.8) is 0 Å². The summed E-state index contributed by atoms with van der Waals surface area (Å²) in [6.45, 7) is 1.29. The van der Waals surface area contributed by atoms with Gasteiger partial charge in [0.25, 0.3) is 5.91 Å². The lowest BCUT2D eigenvalue weighted by Gasteiger charge is -2.15. The number of likely N-dealkylation sites (tertiary alicyclic amines) is 1. The largest absolute Gasteiger partial charge is 0.335 e. The topological polar surface area (TPSA) is 76.8 Å². The van der Waals surface area contributed by atoms with Gasteiger partial charge in [0.2, 0.25) is 0 Å². The molecule has 1 atom stereocenters. The molecule has 1 saturated heterocycles. The Kier molecular flexibility index (Phi) is 3.74. The quantitative estimate of drug-likeness (QED) is 0.736. The first kappa shape index (κ1) is 14.5. The van der Waals surface area contributed by atoms with E-state index in [1.165, 1.54) is 12.4 Å². The molecule has 7 nitrogen and oxygen atoms in total. The van der Waals surface area contributed by atoms with Crippen LogP contribution in [-0.2, 0) is 0 Å². The minimum absolute atomic E-state index is 0.0889. The van der Waals surface area contributed by atoms with E-state index in [4.69, 9.17) is 0 Å². The van der Waals surface area contributed by atoms with Crippen LogP contribution in [0.1, 0.15) is 23.0 Å². The fourth-order valence-corrected chi connectivity index (χ4v) is 2.91. The Hall–Kier alpha value is -3.09. The Balaban J connectivity index is 1.48. The van der Waals surface area contributed by atoms with Gasteiger partial charge in [0.15, 0.2) is 0 Å². The maximum atomic E-state index is 12.4. The lowest BCUT2D eigenvalue weighted by molar-refractivity contribution is 0.0780. The highest BCUT2D eigenvalue weighted by Gasteiger charge is 2.29. The molecule has 1 aliphatic rings. The summed E-state index contributed by atoms with van der Waals surface area (Å²) in [5.74, 6) is -0.0889. The lowest BCUT2D eigenvalue weighted by atomic mass is 10.2. The van der Waals surface area contributed by atoms with Crippen molar-refractivity contribution >= 4 is 5.91 Å². The maximum Gasteiger partial charge on any atom is 0.274 e. The van der Waals surface area contributed by atoms with Crippen LogP contribution in [0.5, 0.6) is 0 Å². The second kappa shape index (κ2) is 6.19. The fraction of sp³-hybridized carbons (Fsp3) is 0.235. The van der Waals surface area contributed by atoms with Crippen molar-refractivity contribution in [2.24, 2.45) is 0 Å². The monoisotopic (exact) mass is 320 g/mol. The molecule has 0 aliphatic carbocycles. The third kappa shape index (κ3) is 2.76. The molecule has 2 aromatic heterocycles. The molecule has 24 heavy (non-hydrogen) atoms. The minimum atomic E-state index is -0.0889. The van der Waals surface area contributed by atoms with Crippen LogP contribution in [0.15, 0.2) is 55.1 Å². The molecular weight excluding hydrogens is 304 g/mol. The van der Waals surface area contributed by atoms with E-state index >= 15 is 0 Å². The van der Waals surface area contributed by atoms with E-state index in [2.05, 4.69) is 20.3 Å². The molecule has 1 unspecified atom stereocenters. The molecule has 120 valence electrons. The third-order valence-electron chi connectivity index (χ3n) is 4.19. The summed E-state index contributed by atoms with van der Waals surface area (Å²) in [6.07, 6.45) is 7.38. The van der Waals surface area contributed by atoms with E-state index in [1.54, 1.807) is 11.1 Å². The summed E-state index contributed by atoms with van der Waals surface area (Å²) in [5, 5.41) is 8.49. The standard InChI is InChI=1S/C17H16N6O/c24-17(15-10-18-7-8-19-15)22-9-6-14(11-22)23-12-16(20-21-23)13-4-2-1-3-5-13/h1-5,7-8,10,12,14H,6,9,11H2. The van der Waals surface area contributed by atoms with E-state index < -0.39 is 0 Å². The lowest BCUT2D eigenvalue weighted by Crippen LogP contribution is -2.30. The first-order chi connectivity index (χ1) is 11.8. The van der Waals surface area contributed by atoms with Crippen molar-refractivity contribution in [1.82, 2.24) is 29.9 Å². The summed E-state index contributed by atoms with van der Waals surface area (Å²) in [7, 11) is 0. The fourth-order valence-electron chi connectivity index (χ4n) is 2.91. The highest BCUT2D eigenvalue weighted by molar-refractivity contribution is 5.92. The van der Waals surface area contributed by atoms with Gasteiger partial charge < -0.3 is 4.90 Å². The van der Waals surface area contributed by atoms with Crippen LogP contribution in [0.3, 0.4) is 0 Å². The van der Waals surface area contributed by atoms with Gasteiger partial charge in [0.05, 0.1) is 18.4 Å². The highest BCUT2D eigenvalue weighted by Crippen LogP contribution is 2.24. The van der Waals surface area contributed by atoms with Crippen LogP contribution in [0.2, 0.25) is 0 Å². The van der Waals surface area contributed by atoms with Gasteiger partial charge in [0, 0.05) is 31.0 Å². The van der Waals surface area contributed by atoms with Crippen molar-refractivity contribution in [3.05, 3.63) is 60.8 Å². The summed E-state index contributed by atoms with van der Waals surface area (Å²) < 4.78 is 1.85. The van der Waals surface area contributed by atoms with Gasteiger partial charge in [-0.15, -0.1) is 5.10 Å². The number of carbonyl (C=O) groups is 1. The van der Waals surface area contributed by atoms with E-state index in [-0.39, 0.29) is 11.9 Å². The second-order valence-electron chi connectivity index (χ2n) is 5.73. The van der Waals surface area contributed by atoms with Crippen molar-refractivity contribution in [1.29, 1.82) is 0 Å². The molecule has 0 spiro atoms. The maximum absolute atomic E-state index is 12.4. The number of hydrogen-bond acceptors (Lipinski definition) is 5. The molecule has 4 rings (SSSR count). The predicted molar refractivity (Wildman–Crippen MR) is 87.0 cm³/mol. The number of amides is 1. The number of hydrogen-bond donors (Lipinski definition) is 0. The van der Waals surface area contributed by atoms with E-state index in [9.17, 15) is 4.79 Å². The second-order valence-corrected chi connectivity index (χ2v) is 5.73. The number of rotatable bonds is 3. The van der Waals surface area contributed by atoms with Gasteiger partial charge in [-0.1, -0.05) is 35.5 Å². The van der Waals surface area contributed by atoms with E-state index in [0.29, 0.717) is 18.8 Å². The molecule has 0 N–H and O–H groups in total. The van der Waals surface area contributed by atoms with Crippen molar-refractivity contribution in [2.45, 2.75) is 12.5 Å². The molecule has 3 heterocycles. The molecular formula is C17H16N6O. The van der Waals surface area contributed by atoms with Gasteiger partial charge in [-0.2, -0.15) is 0 Å². The van der Waals surface area contributed by atoms with Crippen LogP contribution >= 0.6 is 0 Å². The summed E-state index contributed by atoms with van der Waals surface area (Å²) in [5.41, 5.74) is 2.25. The minimum Gasteiger partial charge on any atom is -0.335 e. The first-order valence-corrected chi connectivity index (χ1v) is 7.84. The Bertz CT molecular complexity index is 833. The van der Waals surface area contributed by atoms with E-state index in [1.807, 2.05) is 41.2 Å². The SMILES string of the molecule is O=C(c1cnccn1)N1CCC(n2cc(-c3ccccc3)nn2)C1. The van der Waals surface area contributed by atoms with Gasteiger partial charge in [-0.3, -0.25) is 9.78 Å². The Labute approximate surface area is 139 Å². The van der Waals surface area contributed by atoms with Gasteiger partial charge >= 0.3 is 0 Å². The number of benzene rings is 1. The van der Waals surface area contributed by atoms with Crippen LogP contribution in [-0.4, -0.2) is 48.9 Å². The molecule has 1 amide bonds. The molecule has 1 aromatic carbocycles. The Morgan fingerprint density at radius 1 is 1.17 bits per heavy atom. The number of nitrogens with zero attached hydrogens (tertiary/aromatic N) is 6. The van der Waals surface area contributed by atoms with Gasteiger partial charge in [0.1, 0.15) is 11.4 Å². The van der Waals surface area contributed by atoms with E-state index in [0.717, 1.165) is 17.7 Å². The molecule has 1 aliphatic heterocycles. The molecule has 1 fully saturated rings. The molecule has 0 saturated carbocycles. The smallest absolute Gasteiger partial charge is 0.274 e. The van der Waals surface area contributed by atoms with Crippen molar-refractivity contribution < 1.29 is 4.79 Å². The average molecular weight is 320 g/mol. The number of aromatic nitrogens is 5. The Morgan fingerprint density at radius 3 is 2.83 bits per heavy atom.